The van der Waals surface area contributed by atoms with Crippen molar-refractivity contribution in [3.05, 3.63) is 0 Å². The number of hydrogen-bond donors (Lipinski definition) is 0. The maximum absolute atomic E-state index is 5.07. The van der Waals surface area contributed by atoms with Gasteiger partial charge in [0.15, 0.2) is 0 Å². The molecular formula is C6H14NO+. The lowest BCUT2D eigenvalue weighted by Crippen LogP contribution is -2.37. The van der Waals surface area contributed by atoms with Crippen molar-refractivity contribution in [3.8, 4) is 0 Å². The fourth-order valence-electron chi connectivity index (χ4n) is 0.784. The van der Waals surface area contributed by atoms with E-state index in [4.69, 9.17) is 4.74 Å². The minimum atomic E-state index is 0.565. The summed E-state index contributed by atoms with van der Waals surface area (Å²) in [6.07, 6.45) is 0.565. The SMILES string of the molecule is C[N+](C)(C)C[C@@H]1CO1. The zero-order chi connectivity index (χ0) is 6.20. The van der Waals surface area contributed by atoms with E-state index in [0.29, 0.717) is 6.10 Å². The van der Waals surface area contributed by atoms with Gasteiger partial charge in [0.2, 0.25) is 0 Å². The van der Waals surface area contributed by atoms with Gasteiger partial charge in [0.25, 0.3) is 0 Å². The Kier molecular flexibility index (Phi) is 1.29. The van der Waals surface area contributed by atoms with Crippen LogP contribution in [0.1, 0.15) is 0 Å². The van der Waals surface area contributed by atoms with E-state index in [1.165, 1.54) is 0 Å². The van der Waals surface area contributed by atoms with E-state index >= 15 is 0 Å². The molecule has 0 aromatic rings. The molecule has 0 aromatic carbocycles. The van der Waals surface area contributed by atoms with Crippen LogP contribution in [-0.4, -0.2) is 44.9 Å². The Morgan fingerprint density at radius 2 is 2.00 bits per heavy atom. The highest BCUT2D eigenvalue weighted by Crippen LogP contribution is 2.11. The van der Waals surface area contributed by atoms with Crippen LogP contribution < -0.4 is 0 Å². The summed E-state index contributed by atoms with van der Waals surface area (Å²) in [6.45, 7) is 2.13. The third kappa shape index (κ3) is 2.28. The number of rotatable bonds is 2. The van der Waals surface area contributed by atoms with Gasteiger partial charge in [-0.2, -0.15) is 0 Å². The molecule has 0 spiro atoms. The Bertz CT molecular complexity index is 81.0. The van der Waals surface area contributed by atoms with Gasteiger partial charge >= 0.3 is 0 Å². The molecule has 8 heavy (non-hydrogen) atoms. The summed E-state index contributed by atoms with van der Waals surface area (Å²) < 4.78 is 6.09. The molecule has 1 rings (SSSR count). The Morgan fingerprint density at radius 1 is 1.50 bits per heavy atom. The molecule has 0 aromatic heterocycles. The van der Waals surface area contributed by atoms with Gasteiger partial charge in [-0.1, -0.05) is 0 Å². The van der Waals surface area contributed by atoms with Gasteiger partial charge in [0.1, 0.15) is 12.6 Å². The minimum absolute atomic E-state index is 0.565. The quantitative estimate of drug-likeness (QED) is 0.368. The molecule has 48 valence electrons. The molecule has 0 saturated carbocycles. The van der Waals surface area contributed by atoms with E-state index in [1.54, 1.807) is 0 Å². The Hall–Kier alpha value is -0.0800. The topological polar surface area (TPSA) is 12.5 Å². The van der Waals surface area contributed by atoms with Crippen molar-refractivity contribution >= 4 is 0 Å². The first kappa shape index (κ1) is 6.05. The number of likely N-dealkylation sites (N-methyl/N-ethyl adjacent to an activating group) is 1. The molecule has 2 nitrogen and oxygen atoms in total. The van der Waals surface area contributed by atoms with Gasteiger partial charge in [-0.15, -0.1) is 0 Å². The highest BCUT2D eigenvalue weighted by molar-refractivity contribution is 4.66. The van der Waals surface area contributed by atoms with Gasteiger partial charge in [0, 0.05) is 0 Å². The highest BCUT2D eigenvalue weighted by atomic mass is 16.6. The van der Waals surface area contributed by atoms with Crippen LogP contribution in [0.15, 0.2) is 0 Å². The van der Waals surface area contributed by atoms with Crippen molar-refractivity contribution in [1.82, 2.24) is 0 Å². The van der Waals surface area contributed by atoms with E-state index in [9.17, 15) is 0 Å². The number of quaternary nitrogens is 1. The summed E-state index contributed by atoms with van der Waals surface area (Å²) in [4.78, 5) is 0. The summed E-state index contributed by atoms with van der Waals surface area (Å²) in [5.74, 6) is 0. The molecule has 2 heteroatoms. The number of ether oxygens (including phenoxy) is 1. The molecule has 1 atom stereocenters. The van der Waals surface area contributed by atoms with Crippen LogP contribution in [-0.2, 0) is 4.74 Å². The first-order valence-electron chi connectivity index (χ1n) is 3.00. The summed E-state index contributed by atoms with van der Waals surface area (Å²) in [5, 5.41) is 0. The van der Waals surface area contributed by atoms with Crippen molar-refractivity contribution in [2.24, 2.45) is 0 Å². The van der Waals surface area contributed by atoms with Crippen LogP contribution in [0.2, 0.25) is 0 Å². The molecule has 0 N–H and O–H groups in total. The summed E-state index contributed by atoms with van der Waals surface area (Å²) in [7, 11) is 6.55. The summed E-state index contributed by atoms with van der Waals surface area (Å²) in [5.41, 5.74) is 0. The number of epoxide rings is 1. The molecule has 0 bridgehead atoms. The minimum Gasteiger partial charge on any atom is -0.367 e. The third-order valence-corrected chi connectivity index (χ3v) is 1.15. The van der Waals surface area contributed by atoms with Crippen LogP contribution in [0, 0.1) is 0 Å². The monoisotopic (exact) mass is 116 g/mol. The molecule has 1 heterocycles. The average Bonchev–Trinajstić information content (AvgIpc) is 2.12. The maximum Gasteiger partial charge on any atom is 0.130 e. The average molecular weight is 116 g/mol. The van der Waals surface area contributed by atoms with Crippen LogP contribution in [0.25, 0.3) is 0 Å². The largest absolute Gasteiger partial charge is 0.367 e. The van der Waals surface area contributed by atoms with E-state index in [1.807, 2.05) is 0 Å². The summed E-state index contributed by atoms with van der Waals surface area (Å²) >= 11 is 0. The van der Waals surface area contributed by atoms with Gasteiger partial charge in [0.05, 0.1) is 27.7 Å². The molecule has 0 unspecified atom stereocenters. The smallest absolute Gasteiger partial charge is 0.130 e. The maximum atomic E-state index is 5.07. The standard InChI is InChI=1S/C6H14NO/c1-7(2,3)4-6-5-8-6/h6H,4-5H2,1-3H3/q+1/t6-/m1/s1. The van der Waals surface area contributed by atoms with Crippen molar-refractivity contribution in [2.75, 3.05) is 34.3 Å². The van der Waals surface area contributed by atoms with Crippen LogP contribution in [0.3, 0.4) is 0 Å². The van der Waals surface area contributed by atoms with E-state index in [-0.39, 0.29) is 0 Å². The fourth-order valence-corrected chi connectivity index (χ4v) is 0.784. The zero-order valence-corrected chi connectivity index (χ0v) is 5.85. The highest BCUT2D eigenvalue weighted by Gasteiger charge is 2.28. The van der Waals surface area contributed by atoms with Gasteiger partial charge < -0.3 is 9.22 Å². The number of hydrogen-bond acceptors (Lipinski definition) is 1. The number of nitrogens with zero attached hydrogens (tertiary/aromatic N) is 1. The lowest BCUT2D eigenvalue weighted by Gasteiger charge is -2.22. The first-order valence-corrected chi connectivity index (χ1v) is 3.00. The molecule has 1 fully saturated rings. The van der Waals surface area contributed by atoms with Crippen LogP contribution in [0.5, 0.6) is 0 Å². The van der Waals surface area contributed by atoms with Gasteiger partial charge in [-0.3, -0.25) is 0 Å². The Labute approximate surface area is 50.6 Å². The van der Waals surface area contributed by atoms with Gasteiger partial charge in [-0.25, -0.2) is 0 Å². The lowest BCUT2D eigenvalue weighted by molar-refractivity contribution is -0.870. The predicted molar refractivity (Wildman–Crippen MR) is 32.6 cm³/mol. The predicted octanol–water partition coefficient (Wildman–Crippen LogP) is 0.0914. The van der Waals surface area contributed by atoms with Crippen molar-refractivity contribution < 1.29 is 9.22 Å². The third-order valence-electron chi connectivity index (χ3n) is 1.15. The van der Waals surface area contributed by atoms with Crippen LogP contribution in [0.4, 0.5) is 0 Å². The van der Waals surface area contributed by atoms with E-state index in [2.05, 4.69) is 21.1 Å². The molecule has 1 saturated heterocycles. The second-order valence-electron chi connectivity index (χ2n) is 3.43. The van der Waals surface area contributed by atoms with Gasteiger partial charge in [-0.05, 0) is 0 Å². The molecule has 1 aliphatic rings. The zero-order valence-electron chi connectivity index (χ0n) is 5.85. The lowest BCUT2D eigenvalue weighted by atomic mass is 10.4. The molecule has 0 radical (unpaired) electrons. The van der Waals surface area contributed by atoms with E-state index in [0.717, 1.165) is 17.6 Å². The van der Waals surface area contributed by atoms with Crippen LogP contribution >= 0.6 is 0 Å². The molecule has 1 aliphatic heterocycles. The first-order chi connectivity index (χ1) is 3.58. The molecular weight excluding hydrogens is 102 g/mol. The molecule has 0 aliphatic carbocycles. The van der Waals surface area contributed by atoms with Crippen molar-refractivity contribution in [1.29, 1.82) is 0 Å². The summed E-state index contributed by atoms with van der Waals surface area (Å²) in [6, 6.07) is 0. The Morgan fingerprint density at radius 3 is 2.12 bits per heavy atom. The normalized spacial score (nSPS) is 28.1. The Balaban J connectivity index is 2.16. The second kappa shape index (κ2) is 1.71. The van der Waals surface area contributed by atoms with E-state index < -0.39 is 0 Å². The van der Waals surface area contributed by atoms with Crippen molar-refractivity contribution in [2.45, 2.75) is 6.10 Å². The molecule has 0 amide bonds. The fraction of sp³-hybridized carbons (Fsp3) is 1.00. The second-order valence-corrected chi connectivity index (χ2v) is 3.43. The van der Waals surface area contributed by atoms with Crippen molar-refractivity contribution in [3.63, 3.8) is 0 Å².